The van der Waals surface area contributed by atoms with Crippen LogP contribution in [-0.4, -0.2) is 59.8 Å². The SMILES string of the molecule is Cc1cnc(C2CN(S(=O)(=O)N3CCCC3)CCO2)[nH]1. The van der Waals surface area contributed by atoms with Crippen LogP contribution in [0.15, 0.2) is 6.20 Å². The molecular formula is C12H20N4O3S. The van der Waals surface area contributed by atoms with E-state index in [0.29, 0.717) is 38.6 Å². The molecule has 1 aromatic heterocycles. The molecule has 1 aromatic rings. The zero-order valence-corrected chi connectivity index (χ0v) is 12.4. The number of aromatic amines is 1. The minimum Gasteiger partial charge on any atom is -0.368 e. The van der Waals surface area contributed by atoms with Gasteiger partial charge in [-0.15, -0.1) is 0 Å². The number of nitrogens with one attached hydrogen (secondary N) is 1. The normalized spacial score (nSPS) is 26.1. The maximum atomic E-state index is 12.5. The van der Waals surface area contributed by atoms with Crippen molar-refractivity contribution in [1.29, 1.82) is 0 Å². The van der Waals surface area contributed by atoms with E-state index in [1.807, 2.05) is 6.92 Å². The number of morpholine rings is 1. The first-order chi connectivity index (χ1) is 9.57. The van der Waals surface area contributed by atoms with Gasteiger partial charge < -0.3 is 9.72 Å². The summed E-state index contributed by atoms with van der Waals surface area (Å²) in [7, 11) is -3.35. The molecule has 0 radical (unpaired) electrons. The Labute approximate surface area is 119 Å². The molecule has 2 saturated heterocycles. The molecule has 3 rings (SSSR count). The van der Waals surface area contributed by atoms with E-state index < -0.39 is 10.2 Å². The Balaban J connectivity index is 1.74. The lowest BCUT2D eigenvalue weighted by Gasteiger charge is -2.33. The molecule has 1 atom stereocenters. The molecule has 0 amide bonds. The molecule has 0 bridgehead atoms. The van der Waals surface area contributed by atoms with Crippen molar-refractivity contribution in [3.63, 3.8) is 0 Å². The van der Waals surface area contributed by atoms with E-state index in [2.05, 4.69) is 9.97 Å². The molecule has 0 aromatic carbocycles. The largest absolute Gasteiger partial charge is 0.368 e. The molecule has 0 spiro atoms. The third-order valence-electron chi connectivity index (χ3n) is 3.77. The van der Waals surface area contributed by atoms with Crippen LogP contribution in [0.25, 0.3) is 0 Å². The highest BCUT2D eigenvalue weighted by molar-refractivity contribution is 7.86. The third-order valence-corrected chi connectivity index (χ3v) is 5.78. The highest BCUT2D eigenvalue weighted by atomic mass is 32.2. The van der Waals surface area contributed by atoms with Gasteiger partial charge in [-0.1, -0.05) is 0 Å². The number of imidazole rings is 1. The molecule has 7 nitrogen and oxygen atoms in total. The molecule has 112 valence electrons. The molecule has 2 aliphatic rings. The monoisotopic (exact) mass is 300 g/mol. The topological polar surface area (TPSA) is 78.5 Å². The molecule has 2 fully saturated rings. The highest BCUT2D eigenvalue weighted by Crippen LogP contribution is 2.24. The molecule has 8 heteroatoms. The van der Waals surface area contributed by atoms with Crippen molar-refractivity contribution < 1.29 is 13.2 Å². The van der Waals surface area contributed by atoms with Gasteiger partial charge in [-0.2, -0.15) is 17.0 Å². The number of nitrogens with zero attached hydrogens (tertiary/aromatic N) is 3. The van der Waals surface area contributed by atoms with E-state index in [1.165, 1.54) is 4.31 Å². The fraction of sp³-hybridized carbons (Fsp3) is 0.750. The standard InChI is InChI=1S/C12H20N4O3S/c1-10-8-13-12(14-10)11-9-16(6-7-19-11)20(17,18)15-4-2-3-5-15/h8,11H,2-7,9H2,1H3,(H,13,14). The van der Waals surface area contributed by atoms with Crippen molar-refractivity contribution in [3.05, 3.63) is 17.7 Å². The van der Waals surface area contributed by atoms with E-state index in [1.54, 1.807) is 10.5 Å². The molecule has 0 aliphatic carbocycles. The van der Waals surface area contributed by atoms with Crippen molar-refractivity contribution >= 4 is 10.2 Å². The number of rotatable bonds is 3. The Kier molecular flexibility index (Phi) is 3.80. The second-order valence-electron chi connectivity index (χ2n) is 5.28. The Morgan fingerprint density at radius 3 is 2.70 bits per heavy atom. The summed E-state index contributed by atoms with van der Waals surface area (Å²) < 4.78 is 33.8. The third kappa shape index (κ3) is 2.60. The van der Waals surface area contributed by atoms with Crippen LogP contribution in [-0.2, 0) is 14.9 Å². The Hall–Kier alpha value is -0.960. The van der Waals surface area contributed by atoms with Gasteiger partial charge in [0, 0.05) is 38.1 Å². The van der Waals surface area contributed by atoms with E-state index in [-0.39, 0.29) is 6.10 Å². The van der Waals surface area contributed by atoms with Crippen LogP contribution < -0.4 is 0 Å². The van der Waals surface area contributed by atoms with Crippen LogP contribution in [0, 0.1) is 6.92 Å². The lowest BCUT2D eigenvalue weighted by molar-refractivity contribution is -0.00860. The summed E-state index contributed by atoms with van der Waals surface area (Å²) in [5.41, 5.74) is 0.947. The summed E-state index contributed by atoms with van der Waals surface area (Å²) in [6.07, 6.45) is 3.32. The first kappa shape index (κ1) is 14.0. The summed E-state index contributed by atoms with van der Waals surface area (Å²) in [5, 5.41) is 0. The quantitative estimate of drug-likeness (QED) is 0.878. The lowest BCUT2D eigenvalue weighted by atomic mass is 10.3. The number of ether oxygens (including phenoxy) is 1. The Bertz CT molecular complexity index is 565. The average molecular weight is 300 g/mol. The van der Waals surface area contributed by atoms with Crippen molar-refractivity contribution in [3.8, 4) is 0 Å². The van der Waals surface area contributed by atoms with E-state index in [0.717, 1.165) is 18.5 Å². The average Bonchev–Trinajstić information content (AvgIpc) is 3.10. The van der Waals surface area contributed by atoms with Gasteiger partial charge >= 0.3 is 0 Å². The summed E-state index contributed by atoms with van der Waals surface area (Å²) in [4.78, 5) is 7.35. The van der Waals surface area contributed by atoms with Crippen LogP contribution in [0.2, 0.25) is 0 Å². The zero-order chi connectivity index (χ0) is 14.2. The number of hydrogen-bond acceptors (Lipinski definition) is 4. The van der Waals surface area contributed by atoms with Gasteiger partial charge in [-0.05, 0) is 19.8 Å². The summed E-state index contributed by atoms with van der Waals surface area (Å²) >= 11 is 0. The molecule has 1 unspecified atom stereocenters. The van der Waals surface area contributed by atoms with E-state index in [4.69, 9.17) is 4.74 Å². The van der Waals surface area contributed by atoms with Crippen molar-refractivity contribution in [2.24, 2.45) is 0 Å². The van der Waals surface area contributed by atoms with Gasteiger partial charge in [-0.3, -0.25) is 0 Å². The lowest BCUT2D eigenvalue weighted by Crippen LogP contribution is -2.48. The Morgan fingerprint density at radius 2 is 2.05 bits per heavy atom. The summed E-state index contributed by atoms with van der Waals surface area (Å²) in [6.45, 7) is 4.31. The van der Waals surface area contributed by atoms with Crippen LogP contribution in [0.4, 0.5) is 0 Å². The summed E-state index contributed by atoms with van der Waals surface area (Å²) in [6, 6.07) is 0. The number of hydrogen-bond donors (Lipinski definition) is 1. The van der Waals surface area contributed by atoms with Gasteiger partial charge in [0.1, 0.15) is 11.9 Å². The van der Waals surface area contributed by atoms with Gasteiger partial charge in [0.05, 0.1) is 6.61 Å². The molecule has 1 N–H and O–H groups in total. The fourth-order valence-electron chi connectivity index (χ4n) is 2.68. The van der Waals surface area contributed by atoms with Gasteiger partial charge in [0.15, 0.2) is 0 Å². The zero-order valence-electron chi connectivity index (χ0n) is 11.6. The smallest absolute Gasteiger partial charge is 0.282 e. The van der Waals surface area contributed by atoms with Crippen molar-refractivity contribution in [2.75, 3.05) is 32.8 Å². The van der Waals surface area contributed by atoms with Gasteiger partial charge in [0.2, 0.25) is 0 Å². The molecule has 0 saturated carbocycles. The van der Waals surface area contributed by atoms with Crippen LogP contribution >= 0.6 is 0 Å². The van der Waals surface area contributed by atoms with Gasteiger partial charge in [0.25, 0.3) is 10.2 Å². The van der Waals surface area contributed by atoms with E-state index >= 15 is 0 Å². The van der Waals surface area contributed by atoms with E-state index in [9.17, 15) is 8.42 Å². The predicted octanol–water partition coefficient (Wildman–Crippen LogP) is 0.432. The molecular weight excluding hydrogens is 280 g/mol. The van der Waals surface area contributed by atoms with Crippen molar-refractivity contribution in [2.45, 2.75) is 25.9 Å². The molecule has 20 heavy (non-hydrogen) atoms. The number of aryl methyl sites for hydroxylation is 1. The van der Waals surface area contributed by atoms with Crippen LogP contribution in [0.3, 0.4) is 0 Å². The second kappa shape index (κ2) is 5.44. The maximum Gasteiger partial charge on any atom is 0.282 e. The fourth-order valence-corrected chi connectivity index (χ4v) is 4.35. The number of aromatic nitrogens is 2. The minimum absolute atomic E-state index is 0.310. The van der Waals surface area contributed by atoms with Gasteiger partial charge in [-0.25, -0.2) is 4.98 Å². The minimum atomic E-state index is -3.35. The predicted molar refractivity (Wildman–Crippen MR) is 73.3 cm³/mol. The highest BCUT2D eigenvalue weighted by Gasteiger charge is 2.36. The molecule has 3 heterocycles. The van der Waals surface area contributed by atoms with Crippen LogP contribution in [0.1, 0.15) is 30.5 Å². The second-order valence-corrected chi connectivity index (χ2v) is 7.21. The molecule has 2 aliphatic heterocycles. The first-order valence-electron chi connectivity index (χ1n) is 6.96. The van der Waals surface area contributed by atoms with Crippen molar-refractivity contribution in [1.82, 2.24) is 18.6 Å². The summed E-state index contributed by atoms with van der Waals surface area (Å²) in [5.74, 6) is 0.698. The van der Waals surface area contributed by atoms with Crippen LogP contribution in [0.5, 0.6) is 0 Å². The number of H-pyrrole nitrogens is 1. The Morgan fingerprint density at radius 1 is 1.30 bits per heavy atom. The first-order valence-corrected chi connectivity index (χ1v) is 8.35. The maximum absolute atomic E-state index is 12.5.